The Balaban J connectivity index is 1.89. The van der Waals surface area contributed by atoms with E-state index in [0.717, 1.165) is 31.6 Å². The first-order valence-electron chi connectivity index (χ1n) is 8.33. The SMILES string of the molecule is CCCOC1(c2ccccc2)CN(C)C2CCCCC2O1. The minimum Gasteiger partial charge on any atom is -0.345 e. The van der Waals surface area contributed by atoms with Crippen LogP contribution >= 0.6 is 0 Å². The van der Waals surface area contributed by atoms with Crippen LogP contribution in [0.4, 0.5) is 0 Å². The topological polar surface area (TPSA) is 21.7 Å². The second kappa shape index (κ2) is 6.47. The van der Waals surface area contributed by atoms with Crippen molar-refractivity contribution in [3.8, 4) is 0 Å². The van der Waals surface area contributed by atoms with Gasteiger partial charge < -0.3 is 9.47 Å². The average molecular weight is 289 g/mol. The van der Waals surface area contributed by atoms with Gasteiger partial charge in [-0.3, -0.25) is 4.90 Å². The number of fused-ring (bicyclic) bond motifs is 1. The van der Waals surface area contributed by atoms with E-state index in [4.69, 9.17) is 9.47 Å². The third-order valence-electron chi connectivity index (χ3n) is 4.79. The van der Waals surface area contributed by atoms with Gasteiger partial charge in [-0.15, -0.1) is 0 Å². The van der Waals surface area contributed by atoms with Crippen LogP contribution in [0.1, 0.15) is 44.6 Å². The highest BCUT2D eigenvalue weighted by molar-refractivity contribution is 5.22. The Morgan fingerprint density at radius 1 is 1.24 bits per heavy atom. The summed E-state index contributed by atoms with van der Waals surface area (Å²) < 4.78 is 12.8. The largest absolute Gasteiger partial charge is 0.345 e. The van der Waals surface area contributed by atoms with Crippen molar-refractivity contribution < 1.29 is 9.47 Å². The maximum absolute atomic E-state index is 6.57. The molecule has 0 bridgehead atoms. The van der Waals surface area contributed by atoms with Gasteiger partial charge in [-0.25, -0.2) is 0 Å². The van der Waals surface area contributed by atoms with Gasteiger partial charge in [0.05, 0.1) is 19.3 Å². The second-order valence-electron chi connectivity index (χ2n) is 6.39. The molecule has 3 rings (SSSR count). The van der Waals surface area contributed by atoms with Crippen molar-refractivity contribution >= 4 is 0 Å². The molecule has 3 atom stereocenters. The third kappa shape index (κ3) is 3.01. The molecule has 1 aliphatic carbocycles. The fourth-order valence-electron chi connectivity index (χ4n) is 3.73. The summed E-state index contributed by atoms with van der Waals surface area (Å²) in [5.41, 5.74) is 1.15. The van der Waals surface area contributed by atoms with Gasteiger partial charge in [0.15, 0.2) is 0 Å². The Bertz CT molecular complexity index is 450. The second-order valence-corrected chi connectivity index (χ2v) is 6.39. The summed E-state index contributed by atoms with van der Waals surface area (Å²) in [6.45, 7) is 3.70. The van der Waals surface area contributed by atoms with E-state index in [0.29, 0.717) is 12.1 Å². The van der Waals surface area contributed by atoms with Gasteiger partial charge in [-0.1, -0.05) is 50.1 Å². The first kappa shape index (κ1) is 15.0. The first-order valence-corrected chi connectivity index (χ1v) is 8.33. The summed E-state index contributed by atoms with van der Waals surface area (Å²) in [5.74, 6) is -0.593. The Labute approximate surface area is 128 Å². The maximum Gasteiger partial charge on any atom is 0.208 e. The zero-order chi connectivity index (χ0) is 14.7. The lowest BCUT2D eigenvalue weighted by molar-refractivity contribution is -0.315. The molecule has 2 fully saturated rings. The van der Waals surface area contributed by atoms with Crippen molar-refractivity contribution in [1.82, 2.24) is 4.90 Å². The highest BCUT2D eigenvalue weighted by atomic mass is 16.7. The van der Waals surface area contributed by atoms with Gasteiger partial charge in [0.25, 0.3) is 0 Å². The molecule has 1 heterocycles. The van der Waals surface area contributed by atoms with Crippen LogP contribution in [0.15, 0.2) is 30.3 Å². The van der Waals surface area contributed by atoms with Crippen LogP contribution < -0.4 is 0 Å². The van der Waals surface area contributed by atoms with Gasteiger partial charge >= 0.3 is 0 Å². The number of ether oxygens (including phenoxy) is 2. The molecule has 1 aromatic carbocycles. The maximum atomic E-state index is 6.57. The van der Waals surface area contributed by atoms with Gasteiger partial charge in [0.1, 0.15) is 0 Å². The van der Waals surface area contributed by atoms with Crippen LogP contribution in [-0.4, -0.2) is 37.2 Å². The van der Waals surface area contributed by atoms with Gasteiger partial charge in [-0.2, -0.15) is 0 Å². The van der Waals surface area contributed by atoms with E-state index in [-0.39, 0.29) is 0 Å². The minimum atomic E-state index is -0.593. The van der Waals surface area contributed by atoms with Crippen LogP contribution in [0.3, 0.4) is 0 Å². The monoisotopic (exact) mass is 289 g/mol. The molecule has 0 aromatic heterocycles. The van der Waals surface area contributed by atoms with Crippen LogP contribution in [0.25, 0.3) is 0 Å². The summed E-state index contributed by atoms with van der Waals surface area (Å²) in [4.78, 5) is 2.45. The quantitative estimate of drug-likeness (QED) is 0.846. The molecule has 3 nitrogen and oxygen atoms in total. The molecule has 3 heteroatoms. The molecule has 1 aliphatic heterocycles. The molecule has 3 unspecified atom stereocenters. The number of benzene rings is 1. The van der Waals surface area contributed by atoms with Crippen LogP contribution in [0, 0.1) is 0 Å². The number of likely N-dealkylation sites (N-methyl/N-ethyl adjacent to an activating group) is 1. The molecule has 21 heavy (non-hydrogen) atoms. The Hall–Kier alpha value is -0.900. The highest BCUT2D eigenvalue weighted by Gasteiger charge is 2.47. The fraction of sp³-hybridized carbons (Fsp3) is 0.667. The number of nitrogens with zero attached hydrogens (tertiary/aromatic N) is 1. The van der Waals surface area contributed by atoms with E-state index >= 15 is 0 Å². The van der Waals surface area contributed by atoms with Crippen LogP contribution in [0.2, 0.25) is 0 Å². The molecule has 0 amide bonds. The predicted octanol–water partition coefficient (Wildman–Crippen LogP) is 3.54. The third-order valence-corrected chi connectivity index (χ3v) is 4.79. The van der Waals surface area contributed by atoms with E-state index in [9.17, 15) is 0 Å². The average Bonchev–Trinajstić information content (AvgIpc) is 2.54. The highest BCUT2D eigenvalue weighted by Crippen LogP contribution is 2.40. The molecule has 1 saturated heterocycles. The predicted molar refractivity (Wildman–Crippen MR) is 84.1 cm³/mol. The van der Waals surface area contributed by atoms with Gasteiger partial charge in [0, 0.05) is 11.6 Å². The molecule has 116 valence electrons. The zero-order valence-electron chi connectivity index (χ0n) is 13.3. The lowest BCUT2D eigenvalue weighted by Crippen LogP contribution is -2.60. The summed E-state index contributed by atoms with van der Waals surface area (Å²) >= 11 is 0. The van der Waals surface area contributed by atoms with Crippen LogP contribution in [-0.2, 0) is 15.3 Å². The molecule has 0 spiro atoms. The summed E-state index contributed by atoms with van der Waals surface area (Å²) in [6.07, 6.45) is 6.31. The van der Waals surface area contributed by atoms with Crippen molar-refractivity contribution in [3.63, 3.8) is 0 Å². The van der Waals surface area contributed by atoms with Crippen molar-refractivity contribution in [2.75, 3.05) is 20.2 Å². The zero-order valence-corrected chi connectivity index (χ0v) is 13.3. The summed E-state index contributed by atoms with van der Waals surface area (Å²) in [6, 6.07) is 11.0. The Kier molecular flexibility index (Phi) is 4.63. The first-order chi connectivity index (χ1) is 10.2. The van der Waals surface area contributed by atoms with Crippen molar-refractivity contribution in [2.45, 2.75) is 57.0 Å². The van der Waals surface area contributed by atoms with E-state index in [1.807, 2.05) is 6.07 Å². The van der Waals surface area contributed by atoms with E-state index in [1.54, 1.807) is 0 Å². The van der Waals surface area contributed by atoms with Crippen molar-refractivity contribution in [2.24, 2.45) is 0 Å². The number of hydrogen-bond donors (Lipinski definition) is 0. The molecule has 0 N–H and O–H groups in total. The number of morpholine rings is 1. The molecular weight excluding hydrogens is 262 g/mol. The van der Waals surface area contributed by atoms with Gasteiger partial charge in [0.2, 0.25) is 5.79 Å². The Morgan fingerprint density at radius 3 is 2.76 bits per heavy atom. The number of rotatable bonds is 4. The van der Waals surface area contributed by atoms with Gasteiger partial charge in [-0.05, 0) is 26.3 Å². The molecule has 2 aliphatic rings. The minimum absolute atomic E-state index is 0.301. The van der Waals surface area contributed by atoms with Crippen LogP contribution in [0.5, 0.6) is 0 Å². The number of hydrogen-bond acceptors (Lipinski definition) is 3. The lowest BCUT2D eigenvalue weighted by Gasteiger charge is -2.51. The molecule has 0 radical (unpaired) electrons. The molecular formula is C18H27NO2. The molecule has 1 saturated carbocycles. The molecule has 1 aromatic rings. The summed E-state index contributed by atoms with van der Waals surface area (Å²) in [5, 5.41) is 0. The van der Waals surface area contributed by atoms with E-state index in [2.05, 4.69) is 43.1 Å². The lowest BCUT2D eigenvalue weighted by atomic mass is 9.88. The van der Waals surface area contributed by atoms with E-state index in [1.165, 1.54) is 19.3 Å². The smallest absolute Gasteiger partial charge is 0.208 e. The Morgan fingerprint density at radius 2 is 2.00 bits per heavy atom. The fourth-order valence-corrected chi connectivity index (χ4v) is 3.73. The van der Waals surface area contributed by atoms with E-state index < -0.39 is 5.79 Å². The van der Waals surface area contributed by atoms with Crippen molar-refractivity contribution in [3.05, 3.63) is 35.9 Å². The summed E-state index contributed by atoms with van der Waals surface area (Å²) in [7, 11) is 2.22. The normalized spacial score (nSPS) is 33.6. The standard InChI is InChI=1S/C18H27NO2/c1-3-13-20-18(15-9-5-4-6-10-15)14-19(2)16-11-7-8-12-17(16)21-18/h4-6,9-10,16-17H,3,7-8,11-14H2,1-2H3. The van der Waals surface area contributed by atoms with Crippen molar-refractivity contribution in [1.29, 1.82) is 0 Å².